The minimum absolute atomic E-state index is 0.213. The summed E-state index contributed by atoms with van der Waals surface area (Å²) >= 11 is 12.6. The number of rotatable bonds is 2. The Balaban J connectivity index is 2.34. The first kappa shape index (κ1) is 12.8. The molecule has 0 unspecified atom stereocenters. The van der Waals surface area contributed by atoms with Crippen LogP contribution in [0.1, 0.15) is 5.56 Å². The third-order valence-electron chi connectivity index (χ3n) is 2.16. The zero-order chi connectivity index (χ0) is 12.4. The summed E-state index contributed by atoms with van der Waals surface area (Å²) < 4.78 is 1.81. The summed E-state index contributed by atoms with van der Waals surface area (Å²) in [4.78, 5) is 7.99. The highest BCUT2D eigenvalue weighted by Crippen LogP contribution is 2.27. The quantitative estimate of drug-likeness (QED) is 0.771. The Hall–Kier alpha value is -0.650. The topological polar surface area (TPSA) is 37.8 Å². The molecule has 0 saturated heterocycles. The van der Waals surface area contributed by atoms with Crippen LogP contribution in [0.25, 0.3) is 0 Å². The van der Waals surface area contributed by atoms with Crippen LogP contribution in [0.4, 0.5) is 11.5 Å². The number of hydrogen-bond donors (Lipinski definition) is 1. The second-order valence-electron chi connectivity index (χ2n) is 3.42. The average Bonchev–Trinajstić information content (AvgIpc) is 2.27. The fraction of sp³-hybridized carbons (Fsp3) is 0.0909. The van der Waals surface area contributed by atoms with Gasteiger partial charge >= 0.3 is 0 Å². The lowest BCUT2D eigenvalue weighted by Gasteiger charge is -2.10. The molecule has 6 heteroatoms. The van der Waals surface area contributed by atoms with E-state index in [9.17, 15) is 0 Å². The van der Waals surface area contributed by atoms with E-state index in [0.29, 0.717) is 5.82 Å². The van der Waals surface area contributed by atoms with Gasteiger partial charge in [-0.25, -0.2) is 4.98 Å². The molecule has 2 aromatic rings. The van der Waals surface area contributed by atoms with Gasteiger partial charge in [-0.05, 0) is 58.2 Å². The Morgan fingerprint density at radius 2 is 2.06 bits per heavy atom. The minimum atomic E-state index is 0.213. The summed E-state index contributed by atoms with van der Waals surface area (Å²) in [7, 11) is 0. The largest absolute Gasteiger partial charge is 0.339 e. The van der Waals surface area contributed by atoms with Crippen LogP contribution in [0.5, 0.6) is 0 Å². The van der Waals surface area contributed by atoms with Crippen LogP contribution in [0.15, 0.2) is 33.3 Å². The van der Waals surface area contributed by atoms with Crippen LogP contribution in [0, 0.1) is 6.92 Å². The molecular weight excluding hydrogens is 369 g/mol. The number of nitrogens with zero attached hydrogens (tertiary/aromatic N) is 2. The molecule has 0 aliphatic carbocycles. The summed E-state index contributed by atoms with van der Waals surface area (Å²) in [6.45, 7) is 2.02. The molecule has 88 valence electrons. The fourth-order valence-electron chi connectivity index (χ4n) is 1.33. The lowest BCUT2D eigenvalue weighted by molar-refractivity contribution is 1.15. The van der Waals surface area contributed by atoms with E-state index < -0.39 is 0 Å². The molecular formula is C11H8Br2ClN3. The SMILES string of the molecule is Cc1cc(Br)ccc1Nc1nc(Cl)ncc1Br. The zero-order valence-electron chi connectivity index (χ0n) is 8.84. The van der Waals surface area contributed by atoms with Gasteiger partial charge in [-0.3, -0.25) is 0 Å². The molecule has 0 saturated carbocycles. The molecule has 0 amide bonds. The Bertz CT molecular complexity index is 560. The lowest BCUT2D eigenvalue weighted by atomic mass is 10.2. The van der Waals surface area contributed by atoms with Crippen LogP contribution < -0.4 is 5.32 Å². The van der Waals surface area contributed by atoms with Crippen LogP contribution >= 0.6 is 43.5 Å². The fourth-order valence-corrected chi connectivity index (χ4v) is 2.23. The predicted octanol–water partition coefficient (Wildman–Crippen LogP) is 4.71. The van der Waals surface area contributed by atoms with Crippen molar-refractivity contribution in [3.8, 4) is 0 Å². The van der Waals surface area contributed by atoms with Crippen molar-refractivity contribution in [3.63, 3.8) is 0 Å². The van der Waals surface area contributed by atoms with E-state index in [4.69, 9.17) is 11.6 Å². The molecule has 1 N–H and O–H groups in total. The van der Waals surface area contributed by atoms with E-state index in [1.54, 1.807) is 6.20 Å². The maximum absolute atomic E-state index is 5.76. The number of anilines is 2. The third-order valence-corrected chi connectivity index (χ3v) is 3.41. The first-order chi connectivity index (χ1) is 8.06. The first-order valence-corrected chi connectivity index (χ1v) is 6.74. The molecule has 2 rings (SSSR count). The normalized spacial score (nSPS) is 10.4. The Morgan fingerprint density at radius 1 is 1.29 bits per heavy atom. The van der Waals surface area contributed by atoms with Gasteiger partial charge in [0.2, 0.25) is 5.28 Å². The van der Waals surface area contributed by atoms with Crippen molar-refractivity contribution in [2.75, 3.05) is 5.32 Å². The van der Waals surface area contributed by atoms with Gasteiger partial charge in [0.05, 0.1) is 4.47 Å². The number of nitrogens with one attached hydrogen (secondary N) is 1. The van der Waals surface area contributed by atoms with Gasteiger partial charge in [0.1, 0.15) is 5.82 Å². The van der Waals surface area contributed by atoms with E-state index >= 15 is 0 Å². The van der Waals surface area contributed by atoms with Crippen LogP contribution in [-0.4, -0.2) is 9.97 Å². The molecule has 0 bridgehead atoms. The van der Waals surface area contributed by atoms with Gasteiger partial charge in [-0.1, -0.05) is 15.9 Å². The molecule has 0 fully saturated rings. The maximum Gasteiger partial charge on any atom is 0.224 e. The smallest absolute Gasteiger partial charge is 0.224 e. The molecule has 3 nitrogen and oxygen atoms in total. The van der Waals surface area contributed by atoms with Crippen molar-refractivity contribution in [1.29, 1.82) is 0 Å². The standard InChI is InChI=1S/C11H8Br2ClN3/c1-6-4-7(12)2-3-9(6)16-10-8(13)5-15-11(14)17-10/h2-5H,1H3,(H,15,16,17). The molecule has 0 aliphatic rings. The van der Waals surface area contributed by atoms with E-state index in [1.165, 1.54) is 0 Å². The van der Waals surface area contributed by atoms with Gasteiger partial charge in [0, 0.05) is 16.4 Å². The van der Waals surface area contributed by atoms with Crippen LogP contribution in [0.2, 0.25) is 5.28 Å². The summed E-state index contributed by atoms with van der Waals surface area (Å²) in [6, 6.07) is 5.97. The number of halogens is 3. The van der Waals surface area contributed by atoms with E-state index in [2.05, 4.69) is 47.1 Å². The molecule has 1 aromatic heterocycles. The molecule has 17 heavy (non-hydrogen) atoms. The summed E-state index contributed by atoms with van der Waals surface area (Å²) in [5.74, 6) is 0.649. The van der Waals surface area contributed by atoms with Crippen molar-refractivity contribution < 1.29 is 0 Å². The van der Waals surface area contributed by atoms with Crippen LogP contribution in [-0.2, 0) is 0 Å². The third kappa shape index (κ3) is 3.18. The van der Waals surface area contributed by atoms with Gasteiger partial charge in [-0.2, -0.15) is 4.98 Å². The van der Waals surface area contributed by atoms with E-state index in [0.717, 1.165) is 20.2 Å². The second kappa shape index (κ2) is 5.33. The monoisotopic (exact) mass is 375 g/mol. The van der Waals surface area contributed by atoms with Crippen molar-refractivity contribution in [3.05, 3.63) is 44.2 Å². The average molecular weight is 377 g/mol. The van der Waals surface area contributed by atoms with Gasteiger partial charge in [0.25, 0.3) is 0 Å². The predicted molar refractivity (Wildman–Crippen MR) is 76.9 cm³/mol. The number of aryl methyl sites for hydroxylation is 1. The Morgan fingerprint density at radius 3 is 2.76 bits per heavy atom. The summed E-state index contributed by atoms with van der Waals surface area (Å²) in [6.07, 6.45) is 1.62. The van der Waals surface area contributed by atoms with Gasteiger partial charge < -0.3 is 5.32 Å². The Kier molecular flexibility index (Phi) is 4.01. The highest BCUT2D eigenvalue weighted by atomic mass is 79.9. The molecule has 1 heterocycles. The van der Waals surface area contributed by atoms with Crippen molar-refractivity contribution in [2.24, 2.45) is 0 Å². The summed E-state index contributed by atoms with van der Waals surface area (Å²) in [5.41, 5.74) is 2.09. The molecule has 0 atom stereocenters. The number of hydrogen-bond acceptors (Lipinski definition) is 3. The first-order valence-electron chi connectivity index (χ1n) is 4.77. The number of benzene rings is 1. The molecule has 0 radical (unpaired) electrons. The van der Waals surface area contributed by atoms with Gasteiger partial charge in [-0.15, -0.1) is 0 Å². The van der Waals surface area contributed by atoms with Crippen molar-refractivity contribution in [1.82, 2.24) is 9.97 Å². The van der Waals surface area contributed by atoms with Crippen molar-refractivity contribution in [2.45, 2.75) is 6.92 Å². The highest BCUT2D eigenvalue weighted by molar-refractivity contribution is 9.10. The molecule has 0 aliphatic heterocycles. The van der Waals surface area contributed by atoms with E-state index in [-0.39, 0.29) is 5.28 Å². The molecule has 1 aromatic carbocycles. The number of aromatic nitrogens is 2. The second-order valence-corrected chi connectivity index (χ2v) is 5.53. The van der Waals surface area contributed by atoms with Crippen molar-refractivity contribution >= 4 is 55.0 Å². The Labute approximate surface area is 121 Å². The molecule has 0 spiro atoms. The van der Waals surface area contributed by atoms with Gasteiger partial charge in [0.15, 0.2) is 0 Å². The van der Waals surface area contributed by atoms with E-state index in [1.807, 2.05) is 25.1 Å². The highest BCUT2D eigenvalue weighted by Gasteiger charge is 2.06. The van der Waals surface area contributed by atoms with Crippen LogP contribution in [0.3, 0.4) is 0 Å². The maximum atomic E-state index is 5.76. The summed E-state index contributed by atoms with van der Waals surface area (Å²) in [5, 5.41) is 3.42. The minimum Gasteiger partial charge on any atom is -0.339 e. The zero-order valence-corrected chi connectivity index (χ0v) is 12.8. The lowest BCUT2D eigenvalue weighted by Crippen LogP contribution is -1.98.